The van der Waals surface area contributed by atoms with Gasteiger partial charge in [-0.15, -0.1) is 0 Å². The molecule has 1 aliphatic heterocycles. The number of hydrogen-bond acceptors (Lipinski definition) is 4. The van der Waals surface area contributed by atoms with Crippen LogP contribution in [0.1, 0.15) is 67.1 Å². The number of carbonyl (C=O) groups is 1. The van der Waals surface area contributed by atoms with Crippen molar-refractivity contribution in [1.29, 1.82) is 5.26 Å². The summed E-state index contributed by atoms with van der Waals surface area (Å²) in [6.45, 7) is 4.63. The molecule has 0 radical (unpaired) electrons. The molecule has 0 N–H and O–H groups in total. The molecule has 4 rings (SSSR count). The van der Waals surface area contributed by atoms with Crippen LogP contribution in [0.15, 0.2) is 18.3 Å². The van der Waals surface area contributed by atoms with Gasteiger partial charge in [-0.05, 0) is 63.1 Å². The predicted octanol–water partition coefficient (Wildman–Crippen LogP) is 4.09. The molecule has 0 aromatic carbocycles. The van der Waals surface area contributed by atoms with Gasteiger partial charge in [-0.3, -0.25) is 0 Å². The third-order valence-corrected chi connectivity index (χ3v) is 5.85. The molecule has 0 bridgehead atoms. The first-order valence-electron chi connectivity index (χ1n) is 9.29. The third kappa shape index (κ3) is 2.90. The summed E-state index contributed by atoms with van der Waals surface area (Å²) in [7, 11) is 1.32. The summed E-state index contributed by atoms with van der Waals surface area (Å²) in [5.41, 5.74) is 1.23. The molecule has 2 aromatic rings. The van der Waals surface area contributed by atoms with Crippen LogP contribution < -0.4 is 0 Å². The Morgan fingerprint density at radius 1 is 1.41 bits per heavy atom. The number of carbonyl (C=O) groups excluding carboxylic acids is 1. The minimum Gasteiger partial charge on any atom is -0.465 e. The van der Waals surface area contributed by atoms with Crippen LogP contribution in [0, 0.1) is 17.1 Å². The van der Waals surface area contributed by atoms with E-state index in [4.69, 9.17) is 9.47 Å². The number of nitrogens with zero attached hydrogens (tertiary/aromatic N) is 2. The lowest BCUT2D eigenvalue weighted by atomic mass is 9.83. The Balaban J connectivity index is 1.86. The van der Waals surface area contributed by atoms with Gasteiger partial charge in [0.1, 0.15) is 5.82 Å². The molecule has 1 saturated heterocycles. The number of fused-ring (bicyclic) bond motifs is 1. The Labute approximate surface area is 157 Å². The van der Waals surface area contributed by atoms with E-state index in [9.17, 15) is 10.1 Å². The van der Waals surface area contributed by atoms with Crippen molar-refractivity contribution in [3.8, 4) is 6.07 Å². The molecule has 0 amide bonds. The second-order valence-corrected chi connectivity index (χ2v) is 8.26. The van der Waals surface area contributed by atoms with Crippen LogP contribution in [0.2, 0.25) is 0 Å². The first-order chi connectivity index (χ1) is 12.8. The van der Waals surface area contributed by atoms with Gasteiger partial charge in [0.05, 0.1) is 35.5 Å². The minimum atomic E-state index is -0.732. The number of hydrogen-bond donors (Lipinski definition) is 0. The molecule has 2 aliphatic rings. The van der Waals surface area contributed by atoms with Crippen molar-refractivity contribution in [2.24, 2.45) is 0 Å². The van der Waals surface area contributed by atoms with Crippen molar-refractivity contribution >= 4 is 11.5 Å². The molecule has 5 nitrogen and oxygen atoms in total. The van der Waals surface area contributed by atoms with Crippen LogP contribution in [0.5, 0.6) is 0 Å². The quantitative estimate of drug-likeness (QED) is 0.764. The summed E-state index contributed by atoms with van der Waals surface area (Å²) in [6.07, 6.45) is 4.25. The zero-order valence-electron chi connectivity index (χ0n) is 15.8. The molecule has 0 spiro atoms. The average molecular weight is 370 g/mol. The van der Waals surface area contributed by atoms with Gasteiger partial charge in [0.2, 0.25) is 0 Å². The van der Waals surface area contributed by atoms with E-state index in [1.54, 1.807) is 10.5 Å². The van der Waals surface area contributed by atoms with Gasteiger partial charge in [0.25, 0.3) is 0 Å². The largest absolute Gasteiger partial charge is 0.465 e. The maximum absolute atomic E-state index is 15.1. The van der Waals surface area contributed by atoms with Crippen molar-refractivity contribution in [2.75, 3.05) is 13.7 Å². The van der Waals surface area contributed by atoms with E-state index in [1.807, 2.05) is 19.9 Å². The normalized spacial score (nSPS) is 23.0. The molecule has 142 valence electrons. The molecule has 1 aliphatic carbocycles. The van der Waals surface area contributed by atoms with Crippen LogP contribution in [0.4, 0.5) is 4.39 Å². The van der Waals surface area contributed by atoms with Gasteiger partial charge in [-0.2, -0.15) is 5.26 Å². The van der Waals surface area contributed by atoms with E-state index in [-0.39, 0.29) is 17.3 Å². The SMILES string of the molecule is COC(=O)c1cc2cc(C3CCOC(C)(C)C3)c(F)cn2c1C1(C#N)CC1. The molecule has 6 heteroatoms. The Morgan fingerprint density at radius 3 is 2.74 bits per heavy atom. The summed E-state index contributed by atoms with van der Waals surface area (Å²) in [5.74, 6) is -0.749. The molecule has 1 saturated carbocycles. The maximum atomic E-state index is 15.1. The minimum absolute atomic E-state index is 0.0597. The molecular weight excluding hydrogens is 347 g/mol. The van der Waals surface area contributed by atoms with Crippen molar-refractivity contribution < 1.29 is 18.7 Å². The molecule has 1 atom stereocenters. The lowest BCUT2D eigenvalue weighted by Gasteiger charge is -2.35. The highest BCUT2D eigenvalue weighted by Crippen LogP contribution is 2.50. The zero-order chi connectivity index (χ0) is 19.4. The second-order valence-electron chi connectivity index (χ2n) is 8.26. The Kier molecular flexibility index (Phi) is 4.04. The highest BCUT2D eigenvalue weighted by atomic mass is 19.1. The number of ether oxygens (including phenoxy) is 2. The number of esters is 1. The van der Waals surface area contributed by atoms with Crippen LogP contribution >= 0.6 is 0 Å². The molecule has 27 heavy (non-hydrogen) atoms. The summed E-state index contributed by atoms with van der Waals surface area (Å²) >= 11 is 0. The summed E-state index contributed by atoms with van der Waals surface area (Å²) < 4.78 is 27.4. The zero-order valence-corrected chi connectivity index (χ0v) is 15.8. The van der Waals surface area contributed by atoms with Gasteiger partial charge in [0, 0.05) is 18.3 Å². The highest BCUT2D eigenvalue weighted by Gasteiger charge is 2.49. The highest BCUT2D eigenvalue weighted by molar-refractivity contribution is 5.94. The Morgan fingerprint density at radius 2 is 2.15 bits per heavy atom. The number of nitriles is 1. The fourth-order valence-electron chi connectivity index (χ4n) is 4.30. The fourth-order valence-corrected chi connectivity index (χ4v) is 4.30. The second kappa shape index (κ2) is 6.07. The third-order valence-electron chi connectivity index (χ3n) is 5.85. The van der Waals surface area contributed by atoms with Crippen LogP contribution in [-0.2, 0) is 14.9 Å². The molecule has 3 heterocycles. The van der Waals surface area contributed by atoms with E-state index in [1.165, 1.54) is 13.3 Å². The van der Waals surface area contributed by atoms with E-state index in [2.05, 4.69) is 6.07 Å². The fraction of sp³-hybridized carbons (Fsp3) is 0.524. The van der Waals surface area contributed by atoms with Gasteiger partial charge in [-0.25, -0.2) is 9.18 Å². The predicted molar refractivity (Wildman–Crippen MR) is 97.2 cm³/mol. The topological polar surface area (TPSA) is 63.7 Å². The maximum Gasteiger partial charge on any atom is 0.339 e. The molecule has 2 aromatic heterocycles. The average Bonchev–Trinajstić information content (AvgIpc) is 3.33. The smallest absolute Gasteiger partial charge is 0.339 e. The first kappa shape index (κ1) is 18.0. The van der Waals surface area contributed by atoms with Crippen molar-refractivity contribution in [2.45, 2.75) is 56.5 Å². The van der Waals surface area contributed by atoms with Gasteiger partial charge in [0.15, 0.2) is 0 Å². The number of rotatable bonds is 3. The lowest BCUT2D eigenvalue weighted by molar-refractivity contribution is -0.0596. The van der Waals surface area contributed by atoms with E-state index < -0.39 is 11.4 Å². The van der Waals surface area contributed by atoms with Crippen LogP contribution in [-0.4, -0.2) is 29.7 Å². The van der Waals surface area contributed by atoms with E-state index >= 15 is 4.39 Å². The monoisotopic (exact) mass is 370 g/mol. The Bertz CT molecular complexity index is 966. The van der Waals surface area contributed by atoms with Crippen molar-refractivity contribution in [3.05, 3.63) is 41.0 Å². The van der Waals surface area contributed by atoms with Gasteiger partial charge in [-0.1, -0.05) is 0 Å². The number of halogens is 1. The van der Waals surface area contributed by atoms with Gasteiger partial charge >= 0.3 is 5.97 Å². The number of methoxy groups -OCH3 is 1. The van der Waals surface area contributed by atoms with Gasteiger partial charge < -0.3 is 13.9 Å². The standard InChI is InChI=1S/C21H23FN2O3/c1-20(2)10-13(4-7-27-20)15-8-14-9-16(19(25)26-3)18(21(12-23)5-6-21)24(14)11-17(15)22/h8-9,11,13H,4-7,10H2,1-3H3. The Hall–Kier alpha value is -2.39. The van der Waals surface area contributed by atoms with E-state index in [0.29, 0.717) is 41.8 Å². The van der Waals surface area contributed by atoms with Crippen molar-refractivity contribution in [1.82, 2.24) is 4.40 Å². The van der Waals surface area contributed by atoms with Crippen LogP contribution in [0.25, 0.3) is 5.52 Å². The lowest BCUT2D eigenvalue weighted by Crippen LogP contribution is -2.33. The molecule has 1 unspecified atom stereocenters. The molecular formula is C21H23FN2O3. The van der Waals surface area contributed by atoms with Crippen LogP contribution in [0.3, 0.4) is 0 Å². The number of pyridine rings is 1. The summed E-state index contributed by atoms with van der Waals surface area (Å²) in [6, 6.07) is 5.83. The molecule has 2 fully saturated rings. The number of aromatic nitrogens is 1. The van der Waals surface area contributed by atoms with Crippen molar-refractivity contribution in [3.63, 3.8) is 0 Å². The summed E-state index contributed by atoms with van der Waals surface area (Å²) in [5, 5.41) is 9.63. The van der Waals surface area contributed by atoms with E-state index in [0.717, 1.165) is 12.8 Å². The summed E-state index contributed by atoms with van der Waals surface area (Å²) in [4.78, 5) is 12.3. The first-order valence-corrected chi connectivity index (χ1v) is 9.29.